The van der Waals surface area contributed by atoms with Crippen molar-refractivity contribution in [3.05, 3.63) is 53.3 Å². The van der Waals surface area contributed by atoms with Gasteiger partial charge in [-0.15, -0.1) is 0 Å². The molecule has 21 heavy (non-hydrogen) atoms. The number of aryl methyl sites for hydroxylation is 3. The van der Waals surface area contributed by atoms with Crippen LogP contribution in [0, 0.1) is 13.8 Å². The van der Waals surface area contributed by atoms with Gasteiger partial charge in [0.2, 0.25) is 5.91 Å². The van der Waals surface area contributed by atoms with Crippen molar-refractivity contribution in [3.63, 3.8) is 0 Å². The van der Waals surface area contributed by atoms with Crippen molar-refractivity contribution in [1.29, 1.82) is 0 Å². The first-order valence-electron chi connectivity index (χ1n) is 6.72. The maximum atomic E-state index is 12.0. The van der Waals surface area contributed by atoms with E-state index < -0.39 is 5.97 Å². The zero-order valence-corrected chi connectivity index (χ0v) is 12.1. The molecule has 110 valence electrons. The molecule has 0 radical (unpaired) electrons. The number of hydrogen-bond acceptors (Lipinski definition) is 2. The van der Waals surface area contributed by atoms with Gasteiger partial charge < -0.3 is 15.0 Å². The Hall–Kier alpha value is -2.56. The first-order chi connectivity index (χ1) is 9.97. The summed E-state index contributed by atoms with van der Waals surface area (Å²) in [6.07, 6.45) is 4.13. The predicted molar refractivity (Wildman–Crippen MR) is 80.6 cm³/mol. The topological polar surface area (TPSA) is 71.3 Å². The van der Waals surface area contributed by atoms with Crippen molar-refractivity contribution in [2.45, 2.75) is 26.8 Å². The Morgan fingerprint density at radius 1 is 1.14 bits per heavy atom. The highest BCUT2D eigenvalue weighted by Crippen LogP contribution is 2.21. The average molecular weight is 286 g/mol. The molecule has 1 heterocycles. The van der Waals surface area contributed by atoms with Gasteiger partial charge in [0.05, 0.1) is 5.56 Å². The Kier molecular flexibility index (Phi) is 4.42. The van der Waals surface area contributed by atoms with E-state index in [9.17, 15) is 9.59 Å². The summed E-state index contributed by atoms with van der Waals surface area (Å²) < 4.78 is 1.92. The number of carboxylic acid groups (broad SMARTS) is 1. The van der Waals surface area contributed by atoms with Gasteiger partial charge in [0, 0.05) is 31.0 Å². The first kappa shape index (κ1) is 14.8. The van der Waals surface area contributed by atoms with Gasteiger partial charge in [-0.25, -0.2) is 4.79 Å². The standard InChI is InChI=1S/C16H18N2O3/c1-11-9-12(2)14(10-13(11)16(20)21)17-15(19)5-8-18-6-3-4-7-18/h3-4,6-7,9-10H,5,8H2,1-2H3,(H,17,19)(H,20,21). The smallest absolute Gasteiger partial charge is 0.336 e. The maximum Gasteiger partial charge on any atom is 0.336 e. The summed E-state index contributed by atoms with van der Waals surface area (Å²) >= 11 is 0. The lowest BCUT2D eigenvalue weighted by atomic mass is 10.0. The molecule has 0 saturated carbocycles. The molecule has 2 rings (SSSR count). The molecule has 0 saturated heterocycles. The number of aromatic carboxylic acids is 1. The zero-order chi connectivity index (χ0) is 15.4. The van der Waals surface area contributed by atoms with E-state index in [0.717, 1.165) is 5.56 Å². The lowest BCUT2D eigenvalue weighted by Crippen LogP contribution is -2.15. The first-order valence-corrected chi connectivity index (χ1v) is 6.72. The molecule has 1 aromatic heterocycles. The molecule has 0 spiro atoms. The van der Waals surface area contributed by atoms with Gasteiger partial charge >= 0.3 is 5.97 Å². The third-order valence-electron chi connectivity index (χ3n) is 3.34. The number of rotatable bonds is 5. The normalized spacial score (nSPS) is 10.4. The van der Waals surface area contributed by atoms with E-state index in [4.69, 9.17) is 5.11 Å². The number of carbonyl (C=O) groups is 2. The number of benzene rings is 1. The molecule has 1 amide bonds. The molecule has 2 aromatic rings. The van der Waals surface area contributed by atoms with Crippen LogP contribution in [0.15, 0.2) is 36.7 Å². The molecule has 0 fully saturated rings. The monoisotopic (exact) mass is 286 g/mol. The van der Waals surface area contributed by atoms with Crippen LogP contribution >= 0.6 is 0 Å². The largest absolute Gasteiger partial charge is 0.478 e. The van der Waals surface area contributed by atoms with E-state index in [1.807, 2.05) is 36.0 Å². The molecule has 2 N–H and O–H groups in total. The second kappa shape index (κ2) is 6.26. The molecular weight excluding hydrogens is 268 g/mol. The van der Waals surface area contributed by atoms with E-state index in [1.54, 1.807) is 13.0 Å². The lowest BCUT2D eigenvalue weighted by molar-refractivity contribution is -0.116. The third kappa shape index (κ3) is 3.72. The summed E-state index contributed by atoms with van der Waals surface area (Å²) in [6.45, 7) is 4.18. The quantitative estimate of drug-likeness (QED) is 0.887. The highest BCUT2D eigenvalue weighted by Gasteiger charge is 2.12. The summed E-state index contributed by atoms with van der Waals surface area (Å²) in [7, 11) is 0. The minimum atomic E-state index is -0.990. The van der Waals surface area contributed by atoms with E-state index in [1.165, 1.54) is 6.07 Å². The predicted octanol–water partition coefficient (Wildman–Crippen LogP) is 2.83. The van der Waals surface area contributed by atoms with E-state index >= 15 is 0 Å². The van der Waals surface area contributed by atoms with E-state index in [-0.39, 0.29) is 11.5 Å². The van der Waals surface area contributed by atoms with Crippen LogP contribution in [0.25, 0.3) is 0 Å². The molecule has 0 atom stereocenters. The van der Waals surface area contributed by atoms with Crippen LogP contribution in [-0.4, -0.2) is 21.6 Å². The van der Waals surface area contributed by atoms with Crippen molar-refractivity contribution in [2.75, 3.05) is 5.32 Å². The summed E-state index contributed by atoms with van der Waals surface area (Å²) in [6, 6.07) is 7.09. The van der Waals surface area contributed by atoms with Gasteiger partial charge in [-0.2, -0.15) is 0 Å². The number of anilines is 1. The number of nitrogens with one attached hydrogen (secondary N) is 1. The fraction of sp³-hybridized carbons (Fsp3) is 0.250. The number of carbonyl (C=O) groups excluding carboxylic acids is 1. The second-order valence-corrected chi connectivity index (χ2v) is 5.01. The van der Waals surface area contributed by atoms with Crippen LogP contribution in [0.1, 0.15) is 27.9 Å². The van der Waals surface area contributed by atoms with E-state index in [2.05, 4.69) is 5.32 Å². The zero-order valence-electron chi connectivity index (χ0n) is 12.1. The van der Waals surface area contributed by atoms with Gasteiger partial charge in [0.25, 0.3) is 0 Å². The minimum Gasteiger partial charge on any atom is -0.478 e. The van der Waals surface area contributed by atoms with Crippen LogP contribution in [0.4, 0.5) is 5.69 Å². The van der Waals surface area contributed by atoms with Gasteiger partial charge in [-0.1, -0.05) is 6.07 Å². The number of nitrogens with zero attached hydrogens (tertiary/aromatic N) is 1. The maximum absolute atomic E-state index is 12.0. The lowest BCUT2D eigenvalue weighted by Gasteiger charge is -2.11. The second-order valence-electron chi connectivity index (χ2n) is 5.01. The van der Waals surface area contributed by atoms with Crippen LogP contribution in [0.3, 0.4) is 0 Å². The Morgan fingerprint density at radius 2 is 1.81 bits per heavy atom. The molecule has 1 aromatic carbocycles. The molecular formula is C16H18N2O3. The summed E-state index contributed by atoms with van der Waals surface area (Å²) in [5.41, 5.74) is 2.30. The van der Waals surface area contributed by atoms with Crippen molar-refractivity contribution in [2.24, 2.45) is 0 Å². The van der Waals surface area contributed by atoms with Gasteiger partial charge in [-0.05, 0) is 43.2 Å². The highest BCUT2D eigenvalue weighted by atomic mass is 16.4. The van der Waals surface area contributed by atoms with Crippen LogP contribution in [0.2, 0.25) is 0 Å². The van der Waals surface area contributed by atoms with Crippen molar-refractivity contribution < 1.29 is 14.7 Å². The molecule has 0 aliphatic heterocycles. The molecule has 0 aliphatic rings. The van der Waals surface area contributed by atoms with Crippen molar-refractivity contribution in [3.8, 4) is 0 Å². The number of hydrogen-bond donors (Lipinski definition) is 2. The van der Waals surface area contributed by atoms with Crippen molar-refractivity contribution in [1.82, 2.24) is 4.57 Å². The number of carboxylic acids is 1. The summed E-state index contributed by atoms with van der Waals surface area (Å²) in [5.74, 6) is -1.12. The van der Waals surface area contributed by atoms with Crippen molar-refractivity contribution >= 4 is 17.6 Å². The van der Waals surface area contributed by atoms with Crippen LogP contribution < -0.4 is 5.32 Å². The molecule has 0 unspecified atom stereocenters. The van der Waals surface area contributed by atoms with Crippen LogP contribution in [0.5, 0.6) is 0 Å². The fourth-order valence-corrected chi connectivity index (χ4v) is 2.18. The Labute approximate surface area is 123 Å². The summed E-state index contributed by atoms with van der Waals surface area (Å²) in [4.78, 5) is 23.1. The third-order valence-corrected chi connectivity index (χ3v) is 3.34. The Bertz CT molecular complexity index is 660. The van der Waals surface area contributed by atoms with Gasteiger partial charge in [-0.3, -0.25) is 4.79 Å². The fourth-order valence-electron chi connectivity index (χ4n) is 2.18. The van der Waals surface area contributed by atoms with Crippen LogP contribution in [-0.2, 0) is 11.3 Å². The number of amides is 1. The Morgan fingerprint density at radius 3 is 2.43 bits per heavy atom. The number of aromatic nitrogens is 1. The SMILES string of the molecule is Cc1cc(C)c(C(=O)O)cc1NC(=O)CCn1cccc1. The van der Waals surface area contributed by atoms with Gasteiger partial charge in [0.15, 0.2) is 0 Å². The minimum absolute atomic E-state index is 0.132. The van der Waals surface area contributed by atoms with Gasteiger partial charge in [0.1, 0.15) is 0 Å². The molecule has 0 bridgehead atoms. The molecule has 5 nitrogen and oxygen atoms in total. The highest BCUT2D eigenvalue weighted by molar-refractivity contribution is 5.95. The average Bonchev–Trinajstić information content (AvgIpc) is 2.92. The molecule has 0 aliphatic carbocycles. The summed E-state index contributed by atoms with van der Waals surface area (Å²) in [5, 5.41) is 11.9. The Balaban J connectivity index is 2.06. The molecule has 5 heteroatoms. The van der Waals surface area contributed by atoms with E-state index in [0.29, 0.717) is 24.2 Å².